The van der Waals surface area contributed by atoms with E-state index in [1.54, 1.807) is 25.2 Å². The first-order valence-corrected chi connectivity index (χ1v) is 10.7. The summed E-state index contributed by atoms with van der Waals surface area (Å²) >= 11 is 12.0. The lowest BCUT2D eigenvalue weighted by Gasteiger charge is -2.18. The third-order valence-corrected chi connectivity index (χ3v) is 5.00. The molecule has 0 radical (unpaired) electrons. The predicted octanol–water partition coefficient (Wildman–Crippen LogP) is 4.96. The topological polar surface area (TPSA) is 73.4 Å². The highest BCUT2D eigenvalue weighted by molar-refractivity contribution is 6.35. The van der Waals surface area contributed by atoms with Crippen molar-refractivity contribution in [1.82, 2.24) is 19.8 Å². The van der Waals surface area contributed by atoms with Gasteiger partial charge in [-0.05, 0) is 57.4 Å². The molecule has 2 N–H and O–H groups in total. The van der Waals surface area contributed by atoms with Crippen LogP contribution < -0.4 is 10.6 Å². The average Bonchev–Trinajstić information content (AvgIpc) is 2.70. The van der Waals surface area contributed by atoms with Gasteiger partial charge >= 0.3 is 6.03 Å². The van der Waals surface area contributed by atoms with Crippen molar-refractivity contribution in [3.8, 4) is 0 Å². The van der Waals surface area contributed by atoms with E-state index in [1.807, 2.05) is 24.3 Å². The lowest BCUT2D eigenvalue weighted by atomic mass is 10.2. The van der Waals surface area contributed by atoms with Gasteiger partial charge in [0.2, 0.25) is 0 Å². The molecule has 3 aromatic rings. The summed E-state index contributed by atoms with van der Waals surface area (Å²) < 4.78 is 0. The maximum atomic E-state index is 12.6. The van der Waals surface area contributed by atoms with Gasteiger partial charge in [-0.1, -0.05) is 35.3 Å². The van der Waals surface area contributed by atoms with Crippen LogP contribution in [0.2, 0.25) is 10.0 Å². The molecule has 9 heteroatoms. The molecule has 0 saturated heterocycles. The van der Waals surface area contributed by atoms with E-state index in [1.165, 1.54) is 4.90 Å². The van der Waals surface area contributed by atoms with Crippen molar-refractivity contribution in [3.05, 3.63) is 58.3 Å². The molecule has 0 atom stereocenters. The number of fused-ring (bicyclic) bond motifs is 1. The molecule has 164 valence electrons. The molecule has 0 aliphatic rings. The molecule has 1 heterocycles. The van der Waals surface area contributed by atoms with Crippen molar-refractivity contribution in [2.75, 3.05) is 44.9 Å². The number of urea groups is 1. The molecule has 31 heavy (non-hydrogen) atoms. The van der Waals surface area contributed by atoms with E-state index < -0.39 is 0 Å². The summed E-state index contributed by atoms with van der Waals surface area (Å²) in [5, 5.41) is 8.06. The predicted molar refractivity (Wildman–Crippen MR) is 128 cm³/mol. The smallest absolute Gasteiger partial charge is 0.321 e. The second-order valence-corrected chi connectivity index (χ2v) is 8.41. The number of amides is 2. The summed E-state index contributed by atoms with van der Waals surface area (Å²) in [5.74, 6) is 1.32. The first kappa shape index (κ1) is 23.1. The zero-order chi connectivity index (χ0) is 22.4. The monoisotopic (exact) mass is 460 g/mol. The molecular formula is C22H26Cl2N6O. The molecule has 0 saturated carbocycles. The van der Waals surface area contributed by atoms with Gasteiger partial charge in [-0.3, -0.25) is 0 Å². The van der Waals surface area contributed by atoms with Crippen LogP contribution in [0.3, 0.4) is 0 Å². The molecular weight excluding hydrogens is 435 g/mol. The van der Waals surface area contributed by atoms with Gasteiger partial charge in [0.05, 0.1) is 12.1 Å². The Morgan fingerprint density at radius 3 is 2.45 bits per heavy atom. The summed E-state index contributed by atoms with van der Waals surface area (Å²) in [5.41, 5.74) is 1.36. The van der Waals surface area contributed by atoms with Gasteiger partial charge in [0.1, 0.15) is 5.82 Å². The zero-order valence-electron chi connectivity index (χ0n) is 17.8. The number of benzene rings is 2. The Balaban J connectivity index is 1.73. The molecule has 1 aromatic heterocycles. The molecule has 0 fully saturated rings. The number of aromatic nitrogens is 2. The van der Waals surface area contributed by atoms with E-state index in [2.05, 4.69) is 39.6 Å². The normalized spacial score (nSPS) is 11.0. The molecule has 0 bridgehead atoms. The first-order chi connectivity index (χ1) is 14.8. The summed E-state index contributed by atoms with van der Waals surface area (Å²) in [4.78, 5) is 25.6. The number of nitrogens with one attached hydrogen (secondary N) is 2. The molecule has 0 aliphatic heterocycles. The number of rotatable bonds is 8. The third-order valence-electron chi connectivity index (χ3n) is 4.56. The summed E-state index contributed by atoms with van der Waals surface area (Å²) in [6.07, 6.45) is 0.991. The fourth-order valence-electron chi connectivity index (χ4n) is 3.06. The number of halogens is 2. The molecule has 2 amide bonds. The van der Waals surface area contributed by atoms with Crippen molar-refractivity contribution < 1.29 is 4.79 Å². The maximum absolute atomic E-state index is 12.6. The van der Waals surface area contributed by atoms with Gasteiger partial charge in [0.15, 0.2) is 5.82 Å². The number of para-hydroxylation sites is 1. The van der Waals surface area contributed by atoms with Crippen LogP contribution in [0.15, 0.2) is 42.5 Å². The zero-order valence-corrected chi connectivity index (χ0v) is 19.3. The maximum Gasteiger partial charge on any atom is 0.321 e. The lowest BCUT2D eigenvalue weighted by Crippen LogP contribution is -2.31. The summed E-state index contributed by atoms with van der Waals surface area (Å²) in [6.45, 7) is 2.03. The Hall–Kier alpha value is -2.61. The minimum atomic E-state index is -0.310. The van der Waals surface area contributed by atoms with Crippen LogP contribution in [0.1, 0.15) is 12.2 Å². The van der Waals surface area contributed by atoms with Crippen LogP contribution in [0, 0.1) is 0 Å². The second-order valence-electron chi connectivity index (χ2n) is 7.53. The van der Waals surface area contributed by atoms with Crippen LogP contribution in [-0.4, -0.2) is 60.0 Å². The third kappa shape index (κ3) is 6.69. The Morgan fingerprint density at radius 1 is 1.03 bits per heavy atom. The molecule has 3 rings (SSSR count). The number of carbonyl (C=O) groups is 1. The summed E-state index contributed by atoms with van der Waals surface area (Å²) in [6, 6.07) is 12.4. The Bertz CT molecular complexity index is 1040. The van der Waals surface area contributed by atoms with Crippen LogP contribution in [0.25, 0.3) is 10.9 Å². The van der Waals surface area contributed by atoms with Crippen LogP contribution in [0.4, 0.5) is 16.3 Å². The molecule has 7 nitrogen and oxygen atoms in total. The van der Waals surface area contributed by atoms with Crippen molar-refractivity contribution in [2.24, 2.45) is 0 Å². The largest absolute Gasteiger partial charge is 0.369 e. The summed E-state index contributed by atoms with van der Waals surface area (Å²) in [7, 11) is 5.79. The van der Waals surface area contributed by atoms with Gasteiger partial charge < -0.3 is 20.4 Å². The molecule has 0 unspecified atom stereocenters. The molecule has 0 aliphatic carbocycles. The standard InChI is InChI=1S/C22H26Cl2N6O/c1-29(2)10-6-9-25-21-18-7-4-5-8-19(18)27-20(28-21)14-30(3)22(31)26-17-12-15(23)11-16(24)13-17/h4-5,7-8,11-13H,6,9-10,14H2,1-3H3,(H,26,31)(H,25,27,28). The average molecular weight is 461 g/mol. The lowest BCUT2D eigenvalue weighted by molar-refractivity contribution is 0.219. The van der Waals surface area contributed by atoms with Crippen molar-refractivity contribution >= 4 is 51.6 Å². The molecule has 2 aromatic carbocycles. The second kappa shape index (κ2) is 10.6. The highest BCUT2D eigenvalue weighted by Crippen LogP contribution is 2.23. The molecule has 0 spiro atoms. The van der Waals surface area contributed by atoms with E-state index in [-0.39, 0.29) is 12.6 Å². The number of nitrogens with zero attached hydrogens (tertiary/aromatic N) is 4. The van der Waals surface area contributed by atoms with E-state index in [9.17, 15) is 4.79 Å². The van der Waals surface area contributed by atoms with Gasteiger partial charge in [0.25, 0.3) is 0 Å². The Labute approximate surface area is 192 Å². The Kier molecular flexibility index (Phi) is 7.90. The minimum Gasteiger partial charge on any atom is -0.369 e. The van der Waals surface area contributed by atoms with Gasteiger partial charge in [-0.2, -0.15) is 0 Å². The van der Waals surface area contributed by atoms with E-state index in [4.69, 9.17) is 23.2 Å². The van der Waals surface area contributed by atoms with Crippen LogP contribution >= 0.6 is 23.2 Å². The van der Waals surface area contributed by atoms with Gasteiger partial charge in [-0.25, -0.2) is 14.8 Å². The highest BCUT2D eigenvalue weighted by atomic mass is 35.5. The quantitative estimate of drug-likeness (QED) is 0.464. The number of hydrogen-bond acceptors (Lipinski definition) is 5. The first-order valence-electron chi connectivity index (χ1n) is 9.94. The van der Waals surface area contributed by atoms with Crippen molar-refractivity contribution in [3.63, 3.8) is 0 Å². The van der Waals surface area contributed by atoms with Crippen LogP contribution in [-0.2, 0) is 6.54 Å². The van der Waals surface area contributed by atoms with Gasteiger partial charge in [0, 0.05) is 34.7 Å². The number of hydrogen-bond donors (Lipinski definition) is 2. The van der Waals surface area contributed by atoms with E-state index in [0.29, 0.717) is 21.6 Å². The van der Waals surface area contributed by atoms with Crippen molar-refractivity contribution in [2.45, 2.75) is 13.0 Å². The van der Waals surface area contributed by atoms with E-state index >= 15 is 0 Å². The highest BCUT2D eigenvalue weighted by Gasteiger charge is 2.14. The fourth-order valence-corrected chi connectivity index (χ4v) is 3.59. The fraction of sp³-hybridized carbons (Fsp3) is 0.318. The SMILES string of the molecule is CN(C)CCCNc1nc(CN(C)C(=O)Nc2cc(Cl)cc(Cl)c2)nc2ccccc12. The number of anilines is 2. The Morgan fingerprint density at radius 2 is 1.74 bits per heavy atom. The van der Waals surface area contributed by atoms with Crippen LogP contribution in [0.5, 0.6) is 0 Å². The van der Waals surface area contributed by atoms with Gasteiger partial charge in [-0.15, -0.1) is 0 Å². The van der Waals surface area contributed by atoms with E-state index in [0.717, 1.165) is 36.2 Å². The van der Waals surface area contributed by atoms with Crippen molar-refractivity contribution in [1.29, 1.82) is 0 Å². The number of carbonyl (C=O) groups excluding carboxylic acids is 1. The minimum absolute atomic E-state index is 0.247.